The fraction of sp³-hybridized carbons (Fsp3) is 0.455. The van der Waals surface area contributed by atoms with Crippen molar-refractivity contribution < 1.29 is 19.1 Å². The van der Waals surface area contributed by atoms with Crippen LogP contribution >= 0.6 is 34.8 Å². The minimum absolute atomic E-state index is 0.0551. The lowest BCUT2D eigenvalue weighted by atomic mass is 9.63. The number of methoxy groups -OCH3 is 1. The number of carbonyl (C=O) groups is 2. The molecule has 8 heteroatoms. The van der Waals surface area contributed by atoms with Crippen molar-refractivity contribution in [3.63, 3.8) is 0 Å². The van der Waals surface area contributed by atoms with E-state index >= 15 is 0 Å². The molecule has 2 aromatic rings. The molecule has 0 radical (unpaired) electrons. The van der Waals surface area contributed by atoms with E-state index in [0.717, 1.165) is 35.4 Å². The molecule has 0 unspecified atom stereocenters. The average Bonchev–Trinajstić information content (AvgIpc) is 2.86. The van der Waals surface area contributed by atoms with E-state index in [2.05, 4.69) is 32.6 Å². The van der Waals surface area contributed by atoms with Gasteiger partial charge in [0.25, 0.3) is 0 Å². The molecule has 3 aliphatic rings. The molecule has 41 heavy (non-hydrogen) atoms. The van der Waals surface area contributed by atoms with Gasteiger partial charge in [-0.3, -0.25) is 9.59 Å². The first-order valence-electron chi connectivity index (χ1n) is 14.0. The predicted octanol–water partition coefficient (Wildman–Crippen LogP) is 8.56. The van der Waals surface area contributed by atoms with Crippen LogP contribution in [-0.4, -0.2) is 36.7 Å². The maximum Gasteiger partial charge on any atom is 0.162 e. The van der Waals surface area contributed by atoms with Crippen LogP contribution < -0.4 is 4.74 Å². The Bertz CT molecular complexity index is 1420. The van der Waals surface area contributed by atoms with Gasteiger partial charge in [0.05, 0.1) is 6.61 Å². The summed E-state index contributed by atoms with van der Waals surface area (Å²) in [6.07, 6.45) is 2.24. The highest BCUT2D eigenvalue weighted by molar-refractivity contribution is 6.35. The highest BCUT2D eigenvalue weighted by Crippen LogP contribution is 2.55. The van der Waals surface area contributed by atoms with Crippen LogP contribution in [0, 0.1) is 10.8 Å². The number of hydrogen-bond acceptors (Lipinski definition) is 5. The number of ether oxygens (including phenoxy) is 2. The molecule has 0 saturated heterocycles. The average molecular weight is 617 g/mol. The van der Waals surface area contributed by atoms with Gasteiger partial charge in [0, 0.05) is 81.1 Å². The van der Waals surface area contributed by atoms with Gasteiger partial charge in [-0.2, -0.15) is 0 Å². The van der Waals surface area contributed by atoms with Gasteiger partial charge in [0.2, 0.25) is 0 Å². The summed E-state index contributed by atoms with van der Waals surface area (Å²) in [6.45, 7) is 9.75. The molecule has 1 heterocycles. The van der Waals surface area contributed by atoms with Crippen molar-refractivity contribution in [2.75, 3.05) is 20.3 Å². The summed E-state index contributed by atoms with van der Waals surface area (Å²) in [5.41, 5.74) is 4.36. The van der Waals surface area contributed by atoms with E-state index in [1.807, 2.05) is 18.2 Å². The molecule has 5 nitrogen and oxygen atoms in total. The summed E-state index contributed by atoms with van der Waals surface area (Å²) >= 11 is 19.1. The molecular formula is C33H36Cl3NO4. The zero-order valence-corrected chi connectivity index (χ0v) is 26.5. The Morgan fingerprint density at radius 1 is 0.829 bits per heavy atom. The summed E-state index contributed by atoms with van der Waals surface area (Å²) in [5.74, 6) is 0.101. The van der Waals surface area contributed by atoms with Gasteiger partial charge < -0.3 is 14.4 Å². The van der Waals surface area contributed by atoms with E-state index in [1.54, 1.807) is 25.3 Å². The minimum Gasteiger partial charge on any atom is -0.489 e. The maximum absolute atomic E-state index is 14.1. The van der Waals surface area contributed by atoms with Crippen LogP contribution in [0.25, 0.3) is 0 Å². The van der Waals surface area contributed by atoms with Gasteiger partial charge in [-0.25, -0.2) is 0 Å². The third-order valence-electron chi connectivity index (χ3n) is 8.22. The van der Waals surface area contributed by atoms with Crippen molar-refractivity contribution in [3.05, 3.63) is 85.1 Å². The monoisotopic (exact) mass is 615 g/mol. The first kappa shape index (κ1) is 30.2. The molecule has 2 aliphatic carbocycles. The fourth-order valence-corrected chi connectivity index (χ4v) is 7.13. The van der Waals surface area contributed by atoms with Crippen LogP contribution in [0.15, 0.2) is 58.9 Å². The number of allylic oxidation sites excluding steroid dienone is 4. The van der Waals surface area contributed by atoms with Crippen molar-refractivity contribution in [2.45, 2.75) is 65.9 Å². The summed E-state index contributed by atoms with van der Waals surface area (Å²) in [7, 11) is 1.67. The highest BCUT2D eigenvalue weighted by Gasteiger charge is 2.49. The van der Waals surface area contributed by atoms with Gasteiger partial charge in [-0.15, -0.1) is 0 Å². The molecule has 0 fully saturated rings. The van der Waals surface area contributed by atoms with E-state index < -0.39 is 5.92 Å². The van der Waals surface area contributed by atoms with E-state index in [0.29, 0.717) is 58.0 Å². The van der Waals surface area contributed by atoms with Crippen LogP contribution in [0.2, 0.25) is 15.1 Å². The molecule has 0 atom stereocenters. The zero-order valence-electron chi connectivity index (χ0n) is 24.2. The number of halogens is 3. The minimum atomic E-state index is -0.569. The van der Waals surface area contributed by atoms with Crippen LogP contribution in [-0.2, 0) is 20.9 Å². The molecule has 2 aromatic carbocycles. The highest BCUT2D eigenvalue weighted by atomic mass is 35.5. The third-order valence-corrected chi connectivity index (χ3v) is 9.04. The second kappa shape index (κ2) is 11.4. The maximum atomic E-state index is 14.1. The number of rotatable bonds is 7. The lowest BCUT2D eigenvalue weighted by Crippen LogP contribution is -2.45. The topological polar surface area (TPSA) is 55.8 Å². The Labute approximate surface area is 257 Å². The number of hydrogen-bond donors (Lipinski definition) is 0. The number of carbonyl (C=O) groups excluding carboxylic acids is 2. The normalized spacial score (nSPS) is 20.3. The predicted molar refractivity (Wildman–Crippen MR) is 164 cm³/mol. The molecule has 0 bridgehead atoms. The standard InChI is InChI=1S/C33H36Cl3NO4/c1-32(2)14-24-30(26(38)16-32)29(31-25(37(24)10-11-40-5)15-33(3,4)17-27(31)39)22-12-20(34)8-9-28(22)41-18-19-6-7-21(35)13-23(19)36/h6-9,12-13,29H,10-11,14-18H2,1-5H3. The van der Waals surface area contributed by atoms with Crippen molar-refractivity contribution in [3.8, 4) is 5.75 Å². The SMILES string of the molecule is COCCN1C2=C(C(=O)CC(C)(C)C2)C(c2cc(Cl)ccc2OCc2ccc(Cl)cc2Cl)C2=C1CC(C)(C)CC2=O. The Morgan fingerprint density at radius 2 is 1.39 bits per heavy atom. The Kier molecular flexibility index (Phi) is 8.39. The Hall–Kier alpha value is -2.31. The number of Topliss-reactive ketones (excluding diaryl/α,β-unsaturated/α-hetero) is 2. The van der Waals surface area contributed by atoms with E-state index in [9.17, 15) is 9.59 Å². The molecule has 1 aliphatic heterocycles. The molecular weight excluding hydrogens is 581 g/mol. The smallest absolute Gasteiger partial charge is 0.162 e. The Balaban J connectivity index is 1.69. The summed E-state index contributed by atoms with van der Waals surface area (Å²) in [6, 6.07) is 10.7. The van der Waals surface area contributed by atoms with Crippen LogP contribution in [0.1, 0.15) is 70.4 Å². The summed E-state index contributed by atoms with van der Waals surface area (Å²) in [5, 5.41) is 1.56. The molecule has 0 N–H and O–H groups in total. The first-order valence-corrected chi connectivity index (χ1v) is 15.1. The largest absolute Gasteiger partial charge is 0.489 e. The quantitative estimate of drug-likeness (QED) is 0.312. The van der Waals surface area contributed by atoms with Crippen molar-refractivity contribution in [2.24, 2.45) is 10.8 Å². The van der Waals surface area contributed by atoms with E-state index in [1.165, 1.54) is 0 Å². The fourth-order valence-electron chi connectivity index (χ4n) is 6.48. The Morgan fingerprint density at radius 3 is 1.95 bits per heavy atom. The van der Waals surface area contributed by atoms with Gasteiger partial charge in [-0.1, -0.05) is 68.6 Å². The van der Waals surface area contributed by atoms with E-state index in [4.69, 9.17) is 44.3 Å². The third kappa shape index (κ3) is 6.10. The molecule has 0 amide bonds. The number of ketones is 2. The van der Waals surface area contributed by atoms with Crippen LogP contribution in [0.3, 0.4) is 0 Å². The molecule has 0 saturated carbocycles. The second-order valence-corrected chi connectivity index (χ2v) is 14.2. The van der Waals surface area contributed by atoms with Crippen LogP contribution in [0.5, 0.6) is 5.75 Å². The first-order chi connectivity index (χ1) is 19.3. The van der Waals surface area contributed by atoms with Crippen molar-refractivity contribution in [1.29, 1.82) is 0 Å². The summed E-state index contributed by atoms with van der Waals surface area (Å²) < 4.78 is 11.9. The lowest BCUT2D eigenvalue weighted by Gasteiger charge is -2.49. The molecule has 5 rings (SSSR count). The van der Waals surface area contributed by atoms with Gasteiger partial charge >= 0.3 is 0 Å². The van der Waals surface area contributed by atoms with E-state index in [-0.39, 0.29) is 29.0 Å². The zero-order chi connectivity index (χ0) is 29.7. The van der Waals surface area contributed by atoms with Crippen molar-refractivity contribution in [1.82, 2.24) is 4.90 Å². The molecule has 0 spiro atoms. The second-order valence-electron chi connectivity index (χ2n) is 12.9. The number of benzene rings is 2. The van der Waals surface area contributed by atoms with Gasteiger partial charge in [0.1, 0.15) is 12.4 Å². The van der Waals surface area contributed by atoms with Gasteiger partial charge in [0.15, 0.2) is 11.6 Å². The van der Waals surface area contributed by atoms with Gasteiger partial charge in [-0.05, 0) is 54.0 Å². The lowest BCUT2D eigenvalue weighted by molar-refractivity contribution is -0.119. The summed E-state index contributed by atoms with van der Waals surface area (Å²) in [4.78, 5) is 30.3. The van der Waals surface area contributed by atoms with Crippen LogP contribution in [0.4, 0.5) is 0 Å². The molecule has 218 valence electrons. The molecule has 0 aromatic heterocycles. The number of nitrogens with zero attached hydrogens (tertiary/aromatic N) is 1. The van der Waals surface area contributed by atoms with Crippen molar-refractivity contribution >= 4 is 46.4 Å².